The van der Waals surface area contributed by atoms with E-state index in [1.54, 1.807) is 0 Å². The molecule has 0 spiro atoms. The number of carbonyl (C=O) groups excluding carboxylic acids is 1. The van der Waals surface area contributed by atoms with Crippen molar-refractivity contribution < 1.29 is 4.79 Å². The van der Waals surface area contributed by atoms with Gasteiger partial charge in [-0.25, -0.2) is 0 Å². The predicted octanol–water partition coefficient (Wildman–Crippen LogP) is 6.14. The first-order valence-corrected chi connectivity index (χ1v) is 12.4. The predicted molar refractivity (Wildman–Crippen MR) is 142 cm³/mol. The maximum atomic E-state index is 13.9. The van der Waals surface area contributed by atoms with Crippen LogP contribution in [0.3, 0.4) is 0 Å². The summed E-state index contributed by atoms with van der Waals surface area (Å²) in [5, 5.41) is 7.33. The summed E-state index contributed by atoms with van der Waals surface area (Å²) in [7, 11) is 0. The summed E-state index contributed by atoms with van der Waals surface area (Å²) in [6.45, 7) is 2.94. The number of benzene rings is 4. The molecule has 0 radical (unpaired) electrons. The van der Waals surface area contributed by atoms with E-state index in [2.05, 4.69) is 101 Å². The van der Waals surface area contributed by atoms with Gasteiger partial charge in [-0.1, -0.05) is 78.9 Å². The largest absolute Gasteiger partial charge is 0.364 e. The molecule has 1 aromatic heterocycles. The number of nitrogens with zero attached hydrogens (tertiary/aromatic N) is 1. The molecule has 2 atom stereocenters. The fraction of sp³-hybridized carbons (Fsp3) is 0.194. The summed E-state index contributed by atoms with van der Waals surface area (Å²) in [6, 6.07) is 31.6. The number of hydrogen-bond acceptors (Lipinski definition) is 2. The fourth-order valence-corrected chi connectivity index (χ4v) is 6.56. The van der Waals surface area contributed by atoms with Crippen LogP contribution in [0, 0.1) is 6.92 Å². The van der Waals surface area contributed by atoms with Gasteiger partial charge in [-0.05, 0) is 52.9 Å². The van der Waals surface area contributed by atoms with Crippen molar-refractivity contribution in [2.24, 2.45) is 0 Å². The highest BCUT2D eigenvalue weighted by molar-refractivity contribution is 5.91. The molecule has 1 amide bonds. The molecule has 7 rings (SSSR count). The number of fused-ring (bicyclic) bond motifs is 5. The number of hydrogen-bond donors (Lipinski definition) is 2. The average Bonchev–Trinajstić information content (AvgIpc) is 3.53. The minimum Gasteiger partial charge on any atom is -0.364 e. The number of para-hydroxylation sites is 2. The fourth-order valence-electron chi connectivity index (χ4n) is 6.56. The van der Waals surface area contributed by atoms with Crippen LogP contribution >= 0.6 is 0 Å². The molecule has 0 saturated carbocycles. The molecule has 1 fully saturated rings. The Morgan fingerprint density at radius 2 is 1.66 bits per heavy atom. The van der Waals surface area contributed by atoms with Gasteiger partial charge >= 0.3 is 0 Å². The topological polar surface area (TPSA) is 48.1 Å². The van der Waals surface area contributed by atoms with E-state index in [9.17, 15) is 4.79 Å². The van der Waals surface area contributed by atoms with Crippen molar-refractivity contribution in [1.82, 2.24) is 9.88 Å². The van der Waals surface area contributed by atoms with E-state index >= 15 is 0 Å². The molecule has 2 aliphatic rings. The van der Waals surface area contributed by atoms with Gasteiger partial charge in [0.15, 0.2) is 0 Å². The molecule has 35 heavy (non-hydrogen) atoms. The third kappa shape index (κ3) is 2.83. The van der Waals surface area contributed by atoms with E-state index < -0.39 is 0 Å². The number of amides is 1. The van der Waals surface area contributed by atoms with Crippen LogP contribution in [0.2, 0.25) is 0 Å². The Morgan fingerprint density at radius 3 is 2.54 bits per heavy atom. The molecule has 4 nitrogen and oxygen atoms in total. The monoisotopic (exact) mass is 457 g/mol. The van der Waals surface area contributed by atoms with Crippen LogP contribution in [0.1, 0.15) is 28.8 Å². The smallest absolute Gasteiger partial charge is 0.228 e. The second-order valence-electron chi connectivity index (χ2n) is 9.89. The molecule has 0 aliphatic carbocycles. The highest BCUT2D eigenvalue weighted by Crippen LogP contribution is 2.54. The molecule has 0 unspecified atom stereocenters. The van der Waals surface area contributed by atoms with E-state index in [-0.39, 0.29) is 17.5 Å². The molecule has 0 bridgehead atoms. The number of likely N-dealkylation sites (tertiary alicyclic amines) is 1. The van der Waals surface area contributed by atoms with Crippen molar-refractivity contribution in [2.75, 3.05) is 11.9 Å². The normalized spacial score (nSPS) is 20.7. The van der Waals surface area contributed by atoms with E-state index in [0.717, 1.165) is 35.1 Å². The lowest BCUT2D eigenvalue weighted by Gasteiger charge is -2.33. The van der Waals surface area contributed by atoms with E-state index in [1.807, 2.05) is 12.1 Å². The van der Waals surface area contributed by atoms with E-state index in [1.165, 1.54) is 27.6 Å². The highest BCUT2D eigenvalue weighted by Gasteiger charge is 2.57. The van der Waals surface area contributed by atoms with E-state index in [0.29, 0.717) is 6.42 Å². The average molecular weight is 458 g/mol. The van der Waals surface area contributed by atoms with Crippen molar-refractivity contribution in [3.05, 3.63) is 113 Å². The maximum Gasteiger partial charge on any atom is 0.228 e. The number of H-pyrrole nitrogens is 1. The van der Waals surface area contributed by atoms with Gasteiger partial charge in [0.1, 0.15) is 6.17 Å². The number of anilines is 1. The lowest BCUT2D eigenvalue weighted by Crippen LogP contribution is -2.47. The first-order valence-electron chi connectivity index (χ1n) is 12.4. The summed E-state index contributed by atoms with van der Waals surface area (Å²) >= 11 is 0. The van der Waals surface area contributed by atoms with Gasteiger partial charge in [0.05, 0.1) is 11.8 Å². The summed E-state index contributed by atoms with van der Waals surface area (Å²) in [4.78, 5) is 19.7. The Morgan fingerprint density at radius 1 is 0.914 bits per heavy atom. The lowest BCUT2D eigenvalue weighted by molar-refractivity contribution is -0.131. The van der Waals surface area contributed by atoms with Gasteiger partial charge in [0.2, 0.25) is 5.91 Å². The summed E-state index contributed by atoms with van der Waals surface area (Å²) < 4.78 is 0. The summed E-state index contributed by atoms with van der Waals surface area (Å²) in [5.41, 5.74) is 6.84. The number of rotatable bonds is 3. The molecule has 2 N–H and O–H groups in total. The Labute approximate surface area is 204 Å². The van der Waals surface area contributed by atoms with Crippen LogP contribution in [0.4, 0.5) is 5.69 Å². The molecular weight excluding hydrogens is 430 g/mol. The van der Waals surface area contributed by atoms with Gasteiger partial charge in [-0.3, -0.25) is 4.79 Å². The number of nitrogens with one attached hydrogen (secondary N) is 2. The number of carbonyl (C=O) groups is 1. The van der Waals surface area contributed by atoms with Gasteiger partial charge in [-0.2, -0.15) is 0 Å². The first-order chi connectivity index (χ1) is 17.2. The minimum absolute atomic E-state index is 0.117. The molecule has 2 aliphatic heterocycles. The van der Waals surface area contributed by atoms with Crippen LogP contribution in [-0.4, -0.2) is 28.5 Å². The van der Waals surface area contributed by atoms with E-state index in [4.69, 9.17) is 0 Å². The minimum atomic E-state index is -0.298. The van der Waals surface area contributed by atoms with Crippen molar-refractivity contribution in [3.8, 4) is 0 Å². The lowest BCUT2D eigenvalue weighted by atomic mass is 9.75. The second-order valence-corrected chi connectivity index (χ2v) is 9.89. The third-order valence-electron chi connectivity index (χ3n) is 8.18. The summed E-state index contributed by atoms with van der Waals surface area (Å²) in [5.74, 6) is 0.169. The zero-order valence-corrected chi connectivity index (χ0v) is 19.7. The van der Waals surface area contributed by atoms with Crippen LogP contribution in [0.15, 0.2) is 91.0 Å². The third-order valence-corrected chi connectivity index (χ3v) is 8.18. The zero-order valence-electron chi connectivity index (χ0n) is 19.7. The van der Waals surface area contributed by atoms with Gasteiger partial charge in [0.25, 0.3) is 0 Å². The van der Waals surface area contributed by atoms with Crippen LogP contribution in [0.5, 0.6) is 0 Å². The molecule has 3 heterocycles. The quantitative estimate of drug-likeness (QED) is 0.342. The van der Waals surface area contributed by atoms with Crippen molar-refractivity contribution in [1.29, 1.82) is 0 Å². The number of aromatic amines is 1. The van der Waals surface area contributed by atoms with Crippen molar-refractivity contribution in [3.63, 3.8) is 0 Å². The molecule has 5 aromatic rings. The van der Waals surface area contributed by atoms with Crippen LogP contribution in [-0.2, 0) is 16.6 Å². The van der Waals surface area contributed by atoms with Gasteiger partial charge < -0.3 is 15.2 Å². The van der Waals surface area contributed by atoms with Crippen LogP contribution < -0.4 is 5.32 Å². The number of aryl methyl sites for hydroxylation is 1. The van der Waals surface area contributed by atoms with Crippen molar-refractivity contribution in [2.45, 2.75) is 31.3 Å². The Balaban J connectivity index is 1.32. The Bertz CT molecular complexity index is 1610. The standard InChI is InChI=1S/C31H27N3O/c1-20-23-12-4-6-15-26(23)32-29(20)31-17-18-34(30(31)33-27-16-7-5-14-25(27)31)28(35)19-22-11-8-10-21-9-2-3-13-24(21)22/h2-16,30,32-33H,17-19H2,1H3/t30-,31-/m1/s1. The molecule has 4 aromatic carbocycles. The zero-order chi connectivity index (χ0) is 23.6. The second kappa shape index (κ2) is 7.47. The molecule has 1 saturated heterocycles. The number of aromatic nitrogens is 1. The van der Waals surface area contributed by atoms with Crippen LogP contribution in [0.25, 0.3) is 21.7 Å². The Kier molecular flexibility index (Phi) is 4.34. The molecular formula is C31H27N3O. The molecule has 172 valence electrons. The SMILES string of the molecule is Cc1c([C@]23CCN(C(=O)Cc4cccc5ccccc45)[C@H]2Nc2ccccc23)[nH]c2ccccc12. The maximum absolute atomic E-state index is 13.9. The van der Waals surface area contributed by atoms with Gasteiger partial charge in [0, 0.05) is 28.8 Å². The Hall–Kier alpha value is -4.05. The van der Waals surface area contributed by atoms with Crippen molar-refractivity contribution >= 4 is 33.3 Å². The van der Waals surface area contributed by atoms with Gasteiger partial charge in [-0.15, -0.1) is 0 Å². The summed E-state index contributed by atoms with van der Waals surface area (Å²) in [6.07, 6.45) is 1.17. The highest BCUT2D eigenvalue weighted by atomic mass is 16.2. The molecule has 4 heteroatoms. The first kappa shape index (κ1) is 20.3.